The number of halogens is 1. The number of hydrogen-bond donors (Lipinski definition) is 1. The fraction of sp³-hybridized carbons (Fsp3) is 0.467. The van der Waals surface area contributed by atoms with Gasteiger partial charge < -0.3 is 5.32 Å². The Morgan fingerprint density at radius 1 is 1.37 bits per heavy atom. The standard InChI is InChI=1S/C15H17BrN2O/c1-10-2-5-12(16)8-14(10)15(19)18-13-6-3-11(9-17)4-7-13/h2,5,8,11,13H,3-4,6-7H2,1H3,(H,18,19). The van der Waals surface area contributed by atoms with Gasteiger partial charge in [-0.25, -0.2) is 0 Å². The second kappa shape index (κ2) is 6.21. The number of hydrogen-bond acceptors (Lipinski definition) is 2. The van der Waals surface area contributed by atoms with Gasteiger partial charge in [-0.15, -0.1) is 0 Å². The number of nitrogens with one attached hydrogen (secondary N) is 1. The van der Waals surface area contributed by atoms with Crippen molar-refractivity contribution < 1.29 is 4.79 Å². The third kappa shape index (κ3) is 3.57. The Hall–Kier alpha value is -1.34. The number of carbonyl (C=O) groups excluding carboxylic acids is 1. The average Bonchev–Trinajstić information content (AvgIpc) is 2.42. The van der Waals surface area contributed by atoms with Crippen LogP contribution in [0.1, 0.15) is 41.6 Å². The highest BCUT2D eigenvalue weighted by Crippen LogP contribution is 2.24. The van der Waals surface area contributed by atoms with E-state index in [1.54, 1.807) is 0 Å². The Kier molecular flexibility index (Phi) is 4.60. The predicted octanol–water partition coefficient (Wildman–Crippen LogP) is 3.57. The SMILES string of the molecule is Cc1ccc(Br)cc1C(=O)NC1CCC(C#N)CC1. The lowest BCUT2D eigenvalue weighted by atomic mass is 9.87. The topological polar surface area (TPSA) is 52.9 Å². The molecule has 1 aromatic carbocycles. The molecule has 0 heterocycles. The maximum atomic E-state index is 12.2. The van der Waals surface area contributed by atoms with Gasteiger partial charge in [0.15, 0.2) is 0 Å². The largest absolute Gasteiger partial charge is 0.349 e. The Bertz CT molecular complexity index is 513. The van der Waals surface area contributed by atoms with Crippen LogP contribution in [0.5, 0.6) is 0 Å². The first-order valence-electron chi connectivity index (χ1n) is 6.57. The lowest BCUT2D eigenvalue weighted by molar-refractivity contribution is 0.0924. The Labute approximate surface area is 122 Å². The van der Waals surface area contributed by atoms with Gasteiger partial charge in [0, 0.05) is 22.0 Å². The van der Waals surface area contributed by atoms with Crippen LogP contribution in [0.25, 0.3) is 0 Å². The molecule has 19 heavy (non-hydrogen) atoms. The maximum Gasteiger partial charge on any atom is 0.251 e. The summed E-state index contributed by atoms with van der Waals surface area (Å²) in [4.78, 5) is 12.2. The van der Waals surface area contributed by atoms with E-state index < -0.39 is 0 Å². The van der Waals surface area contributed by atoms with Crippen LogP contribution in [0.2, 0.25) is 0 Å². The van der Waals surface area contributed by atoms with E-state index in [-0.39, 0.29) is 17.9 Å². The van der Waals surface area contributed by atoms with Crippen LogP contribution in [0.15, 0.2) is 22.7 Å². The maximum absolute atomic E-state index is 12.2. The molecule has 1 aromatic rings. The molecule has 0 radical (unpaired) electrons. The van der Waals surface area contributed by atoms with E-state index in [1.165, 1.54) is 0 Å². The summed E-state index contributed by atoms with van der Waals surface area (Å²) in [6.07, 6.45) is 3.58. The molecule has 1 saturated carbocycles. The monoisotopic (exact) mass is 320 g/mol. The lowest BCUT2D eigenvalue weighted by Gasteiger charge is -2.25. The Balaban J connectivity index is 1.98. The van der Waals surface area contributed by atoms with Crippen LogP contribution >= 0.6 is 15.9 Å². The van der Waals surface area contributed by atoms with E-state index in [4.69, 9.17) is 5.26 Å². The fourth-order valence-electron chi connectivity index (χ4n) is 2.47. The molecule has 0 bridgehead atoms. The van der Waals surface area contributed by atoms with Crippen molar-refractivity contribution in [3.05, 3.63) is 33.8 Å². The lowest BCUT2D eigenvalue weighted by Crippen LogP contribution is -2.37. The quantitative estimate of drug-likeness (QED) is 0.905. The van der Waals surface area contributed by atoms with Crippen LogP contribution in [0.3, 0.4) is 0 Å². The van der Waals surface area contributed by atoms with E-state index in [2.05, 4.69) is 27.3 Å². The van der Waals surface area contributed by atoms with Crippen LogP contribution in [-0.2, 0) is 0 Å². The number of nitrogens with zero attached hydrogens (tertiary/aromatic N) is 1. The molecule has 0 saturated heterocycles. The van der Waals surface area contributed by atoms with Crippen molar-refractivity contribution in [1.29, 1.82) is 5.26 Å². The average molecular weight is 321 g/mol. The summed E-state index contributed by atoms with van der Waals surface area (Å²) in [5, 5.41) is 11.9. The second-order valence-electron chi connectivity index (χ2n) is 5.11. The first-order valence-corrected chi connectivity index (χ1v) is 7.36. The molecule has 3 nitrogen and oxygen atoms in total. The highest BCUT2D eigenvalue weighted by atomic mass is 79.9. The molecular formula is C15H17BrN2O. The van der Waals surface area contributed by atoms with Gasteiger partial charge in [0.25, 0.3) is 5.91 Å². The van der Waals surface area contributed by atoms with Gasteiger partial charge >= 0.3 is 0 Å². The van der Waals surface area contributed by atoms with E-state index in [1.807, 2.05) is 25.1 Å². The molecule has 1 aliphatic rings. The summed E-state index contributed by atoms with van der Waals surface area (Å²) < 4.78 is 0.913. The fourth-order valence-corrected chi connectivity index (χ4v) is 2.83. The third-order valence-electron chi connectivity index (χ3n) is 3.69. The molecule has 4 heteroatoms. The molecule has 2 rings (SSSR count). The number of amides is 1. The Morgan fingerprint density at radius 2 is 2.05 bits per heavy atom. The van der Waals surface area contributed by atoms with Crippen molar-refractivity contribution in [1.82, 2.24) is 5.32 Å². The molecule has 1 N–H and O–H groups in total. The zero-order valence-corrected chi connectivity index (χ0v) is 12.5. The number of rotatable bonds is 2. The van der Waals surface area contributed by atoms with Crippen LogP contribution in [0, 0.1) is 24.2 Å². The van der Waals surface area contributed by atoms with Gasteiger partial charge in [-0.3, -0.25) is 4.79 Å². The van der Waals surface area contributed by atoms with Gasteiger partial charge in [0.1, 0.15) is 0 Å². The molecule has 1 amide bonds. The first-order chi connectivity index (χ1) is 9.10. The smallest absolute Gasteiger partial charge is 0.251 e. The number of nitriles is 1. The predicted molar refractivity (Wildman–Crippen MR) is 77.7 cm³/mol. The van der Waals surface area contributed by atoms with E-state index >= 15 is 0 Å². The number of benzene rings is 1. The molecule has 1 fully saturated rings. The second-order valence-corrected chi connectivity index (χ2v) is 6.03. The normalized spacial score (nSPS) is 22.6. The minimum Gasteiger partial charge on any atom is -0.349 e. The molecule has 1 aliphatic carbocycles. The van der Waals surface area contributed by atoms with Crippen LogP contribution < -0.4 is 5.32 Å². The van der Waals surface area contributed by atoms with Gasteiger partial charge in [-0.1, -0.05) is 22.0 Å². The van der Waals surface area contributed by atoms with Crippen molar-refractivity contribution in [2.24, 2.45) is 5.92 Å². The van der Waals surface area contributed by atoms with E-state index in [0.29, 0.717) is 0 Å². The molecule has 0 aliphatic heterocycles. The summed E-state index contributed by atoms with van der Waals surface area (Å²) in [6.45, 7) is 1.94. The molecule has 100 valence electrons. The van der Waals surface area contributed by atoms with Crippen molar-refractivity contribution in [3.63, 3.8) is 0 Å². The van der Waals surface area contributed by atoms with Crippen molar-refractivity contribution in [2.45, 2.75) is 38.6 Å². The van der Waals surface area contributed by atoms with Crippen molar-refractivity contribution in [2.75, 3.05) is 0 Å². The molecular weight excluding hydrogens is 304 g/mol. The van der Waals surface area contributed by atoms with Gasteiger partial charge in [0.2, 0.25) is 0 Å². The minimum atomic E-state index is -0.0146. The van der Waals surface area contributed by atoms with Crippen LogP contribution in [0.4, 0.5) is 0 Å². The molecule has 0 spiro atoms. The van der Waals surface area contributed by atoms with Gasteiger partial charge in [-0.2, -0.15) is 5.26 Å². The number of carbonyl (C=O) groups is 1. The molecule has 0 atom stereocenters. The minimum absolute atomic E-state index is 0.0146. The van der Waals surface area contributed by atoms with Gasteiger partial charge in [0.05, 0.1) is 6.07 Å². The molecule has 0 aromatic heterocycles. The van der Waals surface area contributed by atoms with Crippen molar-refractivity contribution >= 4 is 21.8 Å². The third-order valence-corrected chi connectivity index (χ3v) is 4.18. The van der Waals surface area contributed by atoms with Crippen LogP contribution in [-0.4, -0.2) is 11.9 Å². The van der Waals surface area contributed by atoms with E-state index in [0.717, 1.165) is 41.3 Å². The summed E-state index contributed by atoms with van der Waals surface area (Å²) in [7, 11) is 0. The summed E-state index contributed by atoms with van der Waals surface area (Å²) >= 11 is 3.39. The Morgan fingerprint density at radius 3 is 2.68 bits per heavy atom. The number of aryl methyl sites for hydroxylation is 1. The summed E-state index contributed by atoms with van der Waals surface area (Å²) in [5.41, 5.74) is 1.70. The zero-order valence-electron chi connectivity index (χ0n) is 10.9. The molecule has 0 unspecified atom stereocenters. The first kappa shape index (κ1) is 14.1. The zero-order chi connectivity index (χ0) is 13.8. The highest BCUT2D eigenvalue weighted by molar-refractivity contribution is 9.10. The summed E-state index contributed by atoms with van der Waals surface area (Å²) in [6, 6.07) is 8.23. The van der Waals surface area contributed by atoms with Gasteiger partial charge in [-0.05, 0) is 50.3 Å². The van der Waals surface area contributed by atoms with Crippen molar-refractivity contribution in [3.8, 4) is 6.07 Å². The summed E-state index contributed by atoms with van der Waals surface area (Å²) in [5.74, 6) is 0.153. The highest BCUT2D eigenvalue weighted by Gasteiger charge is 2.22. The van der Waals surface area contributed by atoms with E-state index in [9.17, 15) is 4.79 Å².